The minimum absolute atomic E-state index is 0. The quantitative estimate of drug-likeness (QED) is 0.321. The van der Waals surface area contributed by atoms with Gasteiger partial charge in [0.15, 0.2) is 0 Å². The van der Waals surface area contributed by atoms with Crippen molar-refractivity contribution in [1.82, 2.24) is 4.90 Å². The molecule has 1 aliphatic rings. The molecule has 4 atom stereocenters. The zero-order valence-corrected chi connectivity index (χ0v) is 12.8. The molecule has 4 unspecified atom stereocenters. The molecule has 0 aromatic carbocycles. The zero-order valence-electron chi connectivity index (χ0n) is 11.2. The molecule has 9 heteroatoms. The summed E-state index contributed by atoms with van der Waals surface area (Å²) in [6.45, 7) is 1.03. The van der Waals surface area contributed by atoms with Gasteiger partial charge in [0.1, 0.15) is 18.3 Å². The van der Waals surface area contributed by atoms with Gasteiger partial charge in [0.05, 0.1) is 12.7 Å². The molecule has 0 aromatic heterocycles. The summed E-state index contributed by atoms with van der Waals surface area (Å²) in [5.41, 5.74) is 5.75. The number of aliphatic hydroxyl groups is 5. The van der Waals surface area contributed by atoms with Crippen molar-refractivity contribution in [2.45, 2.75) is 43.3 Å². The first kappa shape index (κ1) is 22.6. The van der Waals surface area contributed by atoms with Crippen LogP contribution in [0.25, 0.3) is 0 Å². The van der Waals surface area contributed by atoms with E-state index in [4.69, 9.17) is 10.8 Å². The van der Waals surface area contributed by atoms with Crippen LogP contribution in [-0.4, -0.2) is 87.1 Å². The molecule has 1 saturated heterocycles. The molecule has 1 heterocycles. The van der Waals surface area contributed by atoms with Crippen LogP contribution in [0, 0.1) is 0 Å². The molecule has 0 saturated carbocycles. The summed E-state index contributed by atoms with van der Waals surface area (Å²) in [6.07, 6.45) is -3.99. The minimum atomic E-state index is -1.56. The Morgan fingerprint density at radius 2 is 1.40 bits per heavy atom. The molecule has 1 aliphatic heterocycles. The van der Waals surface area contributed by atoms with Crippen molar-refractivity contribution in [2.75, 3.05) is 26.2 Å². The lowest BCUT2D eigenvalue weighted by atomic mass is 10.0. The molecule has 20 heavy (non-hydrogen) atoms. The van der Waals surface area contributed by atoms with Gasteiger partial charge < -0.3 is 36.2 Å². The van der Waals surface area contributed by atoms with Gasteiger partial charge in [0.25, 0.3) is 0 Å². The predicted octanol–water partition coefficient (Wildman–Crippen LogP) is -2.31. The molecule has 1 rings (SSSR count). The molecule has 0 aliphatic carbocycles. The Morgan fingerprint density at radius 3 is 1.85 bits per heavy atom. The standard InChI is InChI=1S/C11H24N2O5.2ClH/c12-7-1-3-13(4-2-7)5-8(15)10(17)11(18)9(16)6-14;;/h7-11,14-18H,1-6,12H2;2*1H. The van der Waals surface area contributed by atoms with Gasteiger partial charge in [-0.05, 0) is 25.9 Å². The van der Waals surface area contributed by atoms with E-state index in [9.17, 15) is 20.4 Å². The topological polar surface area (TPSA) is 130 Å². The molecule has 1 fully saturated rings. The molecule has 0 amide bonds. The minimum Gasteiger partial charge on any atom is -0.394 e. The second kappa shape index (κ2) is 10.9. The fraction of sp³-hybridized carbons (Fsp3) is 1.00. The number of nitrogens with two attached hydrogens (primary N) is 1. The molecule has 7 nitrogen and oxygen atoms in total. The SMILES string of the molecule is Cl.Cl.NC1CCN(CC(O)C(O)C(O)C(O)CO)CC1. The monoisotopic (exact) mass is 336 g/mol. The number of hydrogen-bond donors (Lipinski definition) is 6. The number of β-amino-alcohol motifs (C(OH)–C–C–N with tert-alkyl or cyclic N) is 1. The maximum Gasteiger partial charge on any atom is 0.111 e. The number of aliphatic hydroxyl groups excluding tert-OH is 5. The molecule has 124 valence electrons. The smallest absolute Gasteiger partial charge is 0.111 e. The van der Waals surface area contributed by atoms with E-state index in [0.717, 1.165) is 25.9 Å². The Bertz CT molecular complexity index is 245. The Kier molecular flexibility index (Phi) is 12.4. The number of hydrogen-bond acceptors (Lipinski definition) is 7. The van der Waals surface area contributed by atoms with E-state index >= 15 is 0 Å². The third-order valence-corrected chi connectivity index (χ3v) is 3.40. The van der Waals surface area contributed by atoms with Crippen molar-refractivity contribution in [1.29, 1.82) is 0 Å². The first-order valence-corrected chi connectivity index (χ1v) is 6.26. The summed E-state index contributed by atoms with van der Waals surface area (Å²) in [4.78, 5) is 1.95. The molecule has 7 N–H and O–H groups in total. The maximum absolute atomic E-state index is 9.78. The lowest BCUT2D eigenvalue weighted by Crippen LogP contribution is -2.51. The third kappa shape index (κ3) is 6.84. The number of halogens is 2. The fourth-order valence-corrected chi connectivity index (χ4v) is 2.07. The summed E-state index contributed by atoms with van der Waals surface area (Å²) in [7, 11) is 0. The van der Waals surface area contributed by atoms with E-state index in [1.165, 1.54) is 0 Å². The summed E-state index contributed by atoms with van der Waals surface area (Å²) >= 11 is 0. The molecule has 0 spiro atoms. The number of nitrogens with zero attached hydrogens (tertiary/aromatic N) is 1. The number of likely N-dealkylation sites (tertiary alicyclic amines) is 1. The van der Waals surface area contributed by atoms with Crippen LogP contribution in [0.5, 0.6) is 0 Å². The second-order valence-electron chi connectivity index (χ2n) is 4.94. The molecular formula is C11H26Cl2N2O5. The van der Waals surface area contributed by atoms with Gasteiger partial charge in [-0.1, -0.05) is 0 Å². The van der Waals surface area contributed by atoms with Crippen LogP contribution in [0.4, 0.5) is 0 Å². The lowest BCUT2D eigenvalue weighted by Gasteiger charge is -2.34. The normalized spacial score (nSPS) is 23.1. The van der Waals surface area contributed by atoms with E-state index in [-0.39, 0.29) is 37.4 Å². The molecule has 0 aromatic rings. The largest absolute Gasteiger partial charge is 0.394 e. The number of piperidine rings is 1. The summed E-state index contributed by atoms with van der Waals surface area (Å²) < 4.78 is 0. The van der Waals surface area contributed by atoms with Crippen LogP contribution in [0.15, 0.2) is 0 Å². The van der Waals surface area contributed by atoms with Crippen molar-refractivity contribution in [3.05, 3.63) is 0 Å². The van der Waals surface area contributed by atoms with Crippen LogP contribution in [0.3, 0.4) is 0 Å². The van der Waals surface area contributed by atoms with Gasteiger partial charge in [-0.3, -0.25) is 0 Å². The van der Waals surface area contributed by atoms with Gasteiger partial charge in [0, 0.05) is 12.6 Å². The van der Waals surface area contributed by atoms with E-state index in [1.807, 2.05) is 4.90 Å². The van der Waals surface area contributed by atoms with Gasteiger partial charge in [-0.2, -0.15) is 0 Å². The van der Waals surface area contributed by atoms with Crippen LogP contribution in [0.2, 0.25) is 0 Å². The fourth-order valence-electron chi connectivity index (χ4n) is 2.07. The van der Waals surface area contributed by atoms with Crippen LogP contribution in [-0.2, 0) is 0 Å². The van der Waals surface area contributed by atoms with Crippen LogP contribution < -0.4 is 5.73 Å². The van der Waals surface area contributed by atoms with E-state index in [0.29, 0.717) is 0 Å². The van der Waals surface area contributed by atoms with Crippen molar-refractivity contribution in [3.63, 3.8) is 0 Å². The Labute approximate surface area is 131 Å². The average Bonchev–Trinajstić information content (AvgIpc) is 2.38. The van der Waals surface area contributed by atoms with Crippen LogP contribution in [0.1, 0.15) is 12.8 Å². The van der Waals surface area contributed by atoms with Crippen molar-refractivity contribution >= 4 is 24.8 Å². The van der Waals surface area contributed by atoms with E-state index < -0.39 is 31.0 Å². The highest BCUT2D eigenvalue weighted by Crippen LogP contribution is 2.11. The summed E-state index contributed by atoms with van der Waals surface area (Å²) in [5, 5.41) is 46.7. The molecule has 0 bridgehead atoms. The number of rotatable bonds is 6. The Morgan fingerprint density at radius 1 is 0.950 bits per heavy atom. The highest BCUT2D eigenvalue weighted by molar-refractivity contribution is 5.85. The average molecular weight is 337 g/mol. The van der Waals surface area contributed by atoms with E-state index in [1.54, 1.807) is 0 Å². The highest BCUT2D eigenvalue weighted by atomic mass is 35.5. The third-order valence-electron chi connectivity index (χ3n) is 3.40. The van der Waals surface area contributed by atoms with Gasteiger partial charge in [-0.15, -0.1) is 24.8 Å². The van der Waals surface area contributed by atoms with Crippen LogP contribution >= 0.6 is 24.8 Å². The van der Waals surface area contributed by atoms with Crippen molar-refractivity contribution in [3.8, 4) is 0 Å². The van der Waals surface area contributed by atoms with Gasteiger partial charge >= 0.3 is 0 Å². The lowest BCUT2D eigenvalue weighted by molar-refractivity contribution is -0.120. The maximum atomic E-state index is 9.78. The molecular weight excluding hydrogens is 311 g/mol. The second-order valence-corrected chi connectivity index (χ2v) is 4.94. The Balaban J connectivity index is 0. The van der Waals surface area contributed by atoms with Crippen molar-refractivity contribution in [2.24, 2.45) is 5.73 Å². The first-order valence-electron chi connectivity index (χ1n) is 6.26. The zero-order chi connectivity index (χ0) is 13.7. The van der Waals surface area contributed by atoms with E-state index in [2.05, 4.69) is 0 Å². The van der Waals surface area contributed by atoms with Gasteiger partial charge in [-0.25, -0.2) is 0 Å². The predicted molar refractivity (Wildman–Crippen MR) is 79.3 cm³/mol. The first-order chi connectivity index (χ1) is 8.45. The van der Waals surface area contributed by atoms with Crippen molar-refractivity contribution < 1.29 is 25.5 Å². The molecule has 0 radical (unpaired) electrons. The van der Waals surface area contributed by atoms with Gasteiger partial charge in [0.2, 0.25) is 0 Å². The Hall–Kier alpha value is 0.300. The summed E-state index contributed by atoms with van der Waals surface area (Å²) in [6, 6.07) is 0.185. The highest BCUT2D eigenvalue weighted by Gasteiger charge is 2.31. The summed E-state index contributed by atoms with van der Waals surface area (Å²) in [5.74, 6) is 0.